The molecule has 0 unspecified atom stereocenters. The number of esters is 1. The van der Waals surface area contributed by atoms with E-state index in [1.165, 1.54) is 7.11 Å². The van der Waals surface area contributed by atoms with Gasteiger partial charge in [-0.05, 0) is 36.4 Å². The average molecular weight is 381 g/mol. The first kappa shape index (κ1) is 19.9. The van der Waals surface area contributed by atoms with Crippen molar-refractivity contribution in [1.82, 2.24) is 9.80 Å². The van der Waals surface area contributed by atoms with Crippen LogP contribution in [0.3, 0.4) is 0 Å². The number of hydrogen-bond acceptors (Lipinski definition) is 4. The number of para-hydroxylation sites is 1. The predicted molar refractivity (Wildman–Crippen MR) is 109 cm³/mol. The van der Waals surface area contributed by atoms with Gasteiger partial charge in [0, 0.05) is 31.9 Å². The Morgan fingerprint density at radius 3 is 2.18 bits per heavy atom. The maximum absolute atomic E-state index is 13.3. The van der Waals surface area contributed by atoms with Crippen LogP contribution in [0.1, 0.15) is 22.8 Å². The van der Waals surface area contributed by atoms with Crippen LogP contribution in [0, 0.1) is 0 Å². The summed E-state index contributed by atoms with van der Waals surface area (Å²) in [5.41, 5.74) is 2.32. The SMILES string of the molecule is CCN1CCN(C(=O)N(Cc2ccc(C(=O)OC)cc2)c2ccccc2)CC1. The Balaban J connectivity index is 1.78. The Hall–Kier alpha value is -2.86. The number of benzene rings is 2. The number of piperazine rings is 1. The second-order valence-corrected chi connectivity index (χ2v) is 6.81. The Morgan fingerprint density at radius 2 is 1.61 bits per heavy atom. The number of likely N-dealkylation sites (N-methyl/N-ethyl adjacent to an activating group) is 1. The molecular weight excluding hydrogens is 354 g/mol. The van der Waals surface area contributed by atoms with Gasteiger partial charge in [-0.3, -0.25) is 4.90 Å². The van der Waals surface area contributed by atoms with E-state index in [9.17, 15) is 9.59 Å². The minimum atomic E-state index is -0.365. The maximum atomic E-state index is 13.3. The lowest BCUT2D eigenvalue weighted by molar-refractivity contribution is 0.0600. The van der Waals surface area contributed by atoms with Crippen molar-refractivity contribution >= 4 is 17.7 Å². The number of ether oxygens (including phenoxy) is 1. The number of carbonyl (C=O) groups excluding carboxylic acids is 2. The molecule has 0 atom stereocenters. The van der Waals surface area contributed by atoms with Gasteiger partial charge in [0.2, 0.25) is 0 Å². The first-order valence-electron chi connectivity index (χ1n) is 9.63. The first-order valence-corrected chi connectivity index (χ1v) is 9.63. The first-order chi connectivity index (χ1) is 13.6. The molecule has 3 rings (SSSR count). The van der Waals surface area contributed by atoms with Crippen LogP contribution < -0.4 is 4.90 Å². The number of nitrogens with zero attached hydrogens (tertiary/aromatic N) is 3. The lowest BCUT2D eigenvalue weighted by atomic mass is 10.1. The maximum Gasteiger partial charge on any atom is 0.337 e. The van der Waals surface area contributed by atoms with Gasteiger partial charge in [-0.25, -0.2) is 9.59 Å². The summed E-state index contributed by atoms with van der Waals surface area (Å²) in [6.45, 7) is 6.87. The second-order valence-electron chi connectivity index (χ2n) is 6.81. The van der Waals surface area contributed by atoms with Gasteiger partial charge in [-0.15, -0.1) is 0 Å². The summed E-state index contributed by atoms with van der Waals surface area (Å²) in [4.78, 5) is 31.0. The topological polar surface area (TPSA) is 53.1 Å². The van der Waals surface area contributed by atoms with E-state index in [1.807, 2.05) is 47.4 Å². The van der Waals surface area contributed by atoms with Gasteiger partial charge >= 0.3 is 12.0 Å². The highest BCUT2D eigenvalue weighted by atomic mass is 16.5. The van der Waals surface area contributed by atoms with Gasteiger partial charge in [0.1, 0.15) is 0 Å². The van der Waals surface area contributed by atoms with E-state index in [1.54, 1.807) is 17.0 Å². The summed E-state index contributed by atoms with van der Waals surface area (Å²) >= 11 is 0. The molecule has 0 aromatic heterocycles. The van der Waals surface area contributed by atoms with Crippen molar-refractivity contribution in [3.8, 4) is 0 Å². The summed E-state index contributed by atoms with van der Waals surface area (Å²) in [6.07, 6.45) is 0. The lowest BCUT2D eigenvalue weighted by Gasteiger charge is -2.37. The molecule has 1 aliphatic heterocycles. The zero-order valence-electron chi connectivity index (χ0n) is 16.5. The van der Waals surface area contributed by atoms with Gasteiger partial charge in [-0.2, -0.15) is 0 Å². The number of rotatable bonds is 5. The molecule has 2 aromatic carbocycles. The Kier molecular flexibility index (Phi) is 6.66. The van der Waals surface area contributed by atoms with Gasteiger partial charge in [-0.1, -0.05) is 37.3 Å². The number of urea groups is 1. The molecule has 0 radical (unpaired) electrons. The predicted octanol–water partition coefficient (Wildman–Crippen LogP) is 3.24. The minimum absolute atomic E-state index is 0.0130. The lowest BCUT2D eigenvalue weighted by Crippen LogP contribution is -2.52. The van der Waals surface area contributed by atoms with Crippen LogP contribution in [0.25, 0.3) is 0 Å². The molecule has 148 valence electrons. The fourth-order valence-electron chi connectivity index (χ4n) is 3.35. The summed E-state index contributed by atoms with van der Waals surface area (Å²) in [6, 6.07) is 16.9. The van der Waals surface area contributed by atoms with Crippen molar-refractivity contribution in [2.24, 2.45) is 0 Å². The van der Waals surface area contributed by atoms with Crippen LogP contribution in [-0.4, -0.2) is 61.6 Å². The Morgan fingerprint density at radius 1 is 0.964 bits per heavy atom. The number of hydrogen-bond donors (Lipinski definition) is 0. The molecule has 28 heavy (non-hydrogen) atoms. The second kappa shape index (κ2) is 9.37. The van der Waals surface area contributed by atoms with E-state index in [4.69, 9.17) is 4.74 Å². The van der Waals surface area contributed by atoms with Crippen LogP contribution in [0.5, 0.6) is 0 Å². The number of anilines is 1. The van der Waals surface area contributed by atoms with Crippen LogP contribution in [-0.2, 0) is 11.3 Å². The summed E-state index contributed by atoms with van der Waals surface area (Å²) in [5.74, 6) is -0.365. The third kappa shape index (κ3) is 4.70. The van der Waals surface area contributed by atoms with Crippen molar-refractivity contribution in [3.63, 3.8) is 0 Å². The normalized spacial score (nSPS) is 14.6. The van der Waals surface area contributed by atoms with Crippen LogP contribution >= 0.6 is 0 Å². The van der Waals surface area contributed by atoms with Gasteiger partial charge in [0.15, 0.2) is 0 Å². The van der Waals surface area contributed by atoms with Crippen molar-refractivity contribution in [3.05, 3.63) is 65.7 Å². The summed E-state index contributed by atoms with van der Waals surface area (Å²) < 4.78 is 4.75. The molecule has 2 aromatic rings. The molecule has 6 heteroatoms. The molecule has 0 spiro atoms. The molecule has 6 nitrogen and oxygen atoms in total. The average Bonchev–Trinajstić information content (AvgIpc) is 2.77. The fourth-order valence-corrected chi connectivity index (χ4v) is 3.35. The monoisotopic (exact) mass is 381 g/mol. The van der Waals surface area contributed by atoms with Gasteiger partial charge in [0.05, 0.1) is 19.2 Å². The van der Waals surface area contributed by atoms with Crippen LogP contribution in [0.2, 0.25) is 0 Å². The van der Waals surface area contributed by atoms with Crippen molar-refractivity contribution in [2.45, 2.75) is 13.5 Å². The highest BCUT2D eigenvalue weighted by molar-refractivity contribution is 5.92. The highest BCUT2D eigenvalue weighted by Gasteiger charge is 2.26. The van der Waals surface area contributed by atoms with E-state index in [-0.39, 0.29) is 12.0 Å². The van der Waals surface area contributed by atoms with Crippen LogP contribution in [0.15, 0.2) is 54.6 Å². The zero-order valence-corrected chi connectivity index (χ0v) is 16.5. The van der Waals surface area contributed by atoms with Crippen molar-refractivity contribution < 1.29 is 14.3 Å². The standard InChI is InChI=1S/C22H27N3O3/c1-3-23-13-15-24(16-14-23)22(27)25(20-7-5-4-6-8-20)17-18-9-11-19(12-10-18)21(26)28-2/h4-12H,3,13-17H2,1-2H3. The van der Waals surface area contributed by atoms with Crippen molar-refractivity contribution in [1.29, 1.82) is 0 Å². The molecule has 2 amide bonds. The quantitative estimate of drug-likeness (QED) is 0.746. The molecule has 0 aliphatic carbocycles. The van der Waals surface area contributed by atoms with E-state index in [0.717, 1.165) is 44.0 Å². The molecular formula is C22H27N3O3. The van der Waals surface area contributed by atoms with E-state index in [2.05, 4.69) is 11.8 Å². The summed E-state index contributed by atoms with van der Waals surface area (Å²) in [7, 11) is 1.37. The largest absolute Gasteiger partial charge is 0.465 e. The highest BCUT2D eigenvalue weighted by Crippen LogP contribution is 2.20. The van der Waals surface area contributed by atoms with E-state index in [0.29, 0.717) is 12.1 Å². The molecule has 1 aliphatic rings. The molecule has 0 bridgehead atoms. The van der Waals surface area contributed by atoms with E-state index < -0.39 is 0 Å². The fraction of sp³-hybridized carbons (Fsp3) is 0.364. The van der Waals surface area contributed by atoms with Gasteiger partial charge < -0.3 is 14.5 Å². The molecule has 0 N–H and O–H groups in total. The van der Waals surface area contributed by atoms with Gasteiger partial charge in [0.25, 0.3) is 0 Å². The van der Waals surface area contributed by atoms with E-state index >= 15 is 0 Å². The Labute approximate surface area is 166 Å². The zero-order chi connectivity index (χ0) is 19.9. The molecule has 1 heterocycles. The molecule has 0 saturated carbocycles. The summed E-state index contributed by atoms with van der Waals surface area (Å²) in [5, 5.41) is 0. The minimum Gasteiger partial charge on any atom is -0.465 e. The molecule has 1 fully saturated rings. The van der Waals surface area contributed by atoms with Crippen LogP contribution in [0.4, 0.5) is 10.5 Å². The number of methoxy groups -OCH3 is 1. The number of amides is 2. The smallest absolute Gasteiger partial charge is 0.337 e. The molecule has 1 saturated heterocycles. The van der Waals surface area contributed by atoms with Crippen molar-refractivity contribution in [2.75, 3.05) is 44.7 Å². The number of carbonyl (C=O) groups is 2. The Bertz CT molecular complexity index is 784. The third-order valence-electron chi connectivity index (χ3n) is 5.10. The third-order valence-corrected chi connectivity index (χ3v) is 5.10.